The highest BCUT2D eigenvalue weighted by molar-refractivity contribution is 5.35. The average Bonchev–Trinajstić information content (AvgIpc) is 2.49. The van der Waals surface area contributed by atoms with Gasteiger partial charge in [-0.05, 0) is 49.7 Å². The standard InChI is InChI=1S/C17H20O3/c1-3-17(18)13(2)19-15-9-11-16(12-10-15)20-14-7-5-4-6-8-14/h4-13,17-18H,3H2,1-2H3. The lowest BCUT2D eigenvalue weighted by molar-refractivity contribution is 0.0451. The first-order valence-electron chi connectivity index (χ1n) is 6.86. The minimum absolute atomic E-state index is 0.221. The van der Waals surface area contributed by atoms with Gasteiger partial charge in [0.2, 0.25) is 0 Å². The molecular weight excluding hydrogens is 252 g/mol. The summed E-state index contributed by atoms with van der Waals surface area (Å²) in [5.41, 5.74) is 0. The highest BCUT2D eigenvalue weighted by Crippen LogP contribution is 2.24. The van der Waals surface area contributed by atoms with E-state index in [-0.39, 0.29) is 6.10 Å². The molecule has 1 N–H and O–H groups in total. The Labute approximate surface area is 119 Å². The summed E-state index contributed by atoms with van der Waals surface area (Å²) in [5, 5.41) is 9.69. The number of rotatable bonds is 6. The third kappa shape index (κ3) is 4.00. The van der Waals surface area contributed by atoms with Gasteiger partial charge in [0.05, 0.1) is 6.10 Å². The van der Waals surface area contributed by atoms with Gasteiger partial charge >= 0.3 is 0 Å². The Morgan fingerprint density at radius 2 is 1.45 bits per heavy atom. The van der Waals surface area contributed by atoms with Crippen molar-refractivity contribution >= 4 is 0 Å². The Balaban J connectivity index is 1.96. The third-order valence-electron chi connectivity index (χ3n) is 3.08. The van der Waals surface area contributed by atoms with Crippen LogP contribution in [0, 0.1) is 0 Å². The summed E-state index contributed by atoms with van der Waals surface area (Å²) in [7, 11) is 0. The van der Waals surface area contributed by atoms with E-state index >= 15 is 0 Å². The lowest BCUT2D eigenvalue weighted by Crippen LogP contribution is -2.27. The molecule has 0 bridgehead atoms. The molecule has 0 heterocycles. The van der Waals surface area contributed by atoms with Crippen LogP contribution in [0.5, 0.6) is 17.2 Å². The normalized spacial score (nSPS) is 13.6. The van der Waals surface area contributed by atoms with Crippen LogP contribution >= 0.6 is 0 Å². The van der Waals surface area contributed by atoms with Crippen LogP contribution in [0.2, 0.25) is 0 Å². The molecule has 2 atom stereocenters. The number of hydrogen-bond donors (Lipinski definition) is 1. The summed E-state index contributed by atoms with van der Waals surface area (Å²) >= 11 is 0. The second-order valence-corrected chi connectivity index (χ2v) is 4.69. The summed E-state index contributed by atoms with van der Waals surface area (Å²) in [6, 6.07) is 17.0. The van der Waals surface area contributed by atoms with Crippen molar-refractivity contribution in [1.29, 1.82) is 0 Å². The Morgan fingerprint density at radius 1 is 0.900 bits per heavy atom. The van der Waals surface area contributed by atoms with Gasteiger partial charge in [0.25, 0.3) is 0 Å². The van der Waals surface area contributed by atoms with Crippen LogP contribution in [0.1, 0.15) is 20.3 Å². The van der Waals surface area contributed by atoms with Gasteiger partial charge in [-0.1, -0.05) is 25.1 Å². The number of hydrogen-bond acceptors (Lipinski definition) is 3. The molecule has 0 aliphatic carbocycles. The first-order chi connectivity index (χ1) is 9.69. The average molecular weight is 272 g/mol. The number of para-hydroxylation sites is 1. The minimum Gasteiger partial charge on any atom is -0.488 e. The molecule has 0 amide bonds. The van der Waals surface area contributed by atoms with Crippen LogP contribution in [0.15, 0.2) is 54.6 Å². The Hall–Kier alpha value is -2.00. The second-order valence-electron chi connectivity index (χ2n) is 4.69. The molecule has 2 aromatic rings. The Bertz CT molecular complexity index is 508. The molecule has 0 saturated carbocycles. The summed E-state index contributed by atoms with van der Waals surface area (Å²) in [6.45, 7) is 3.80. The fraction of sp³-hybridized carbons (Fsp3) is 0.294. The van der Waals surface area contributed by atoms with Gasteiger partial charge in [0.1, 0.15) is 23.4 Å². The van der Waals surface area contributed by atoms with Gasteiger partial charge in [-0.2, -0.15) is 0 Å². The highest BCUT2D eigenvalue weighted by Gasteiger charge is 2.13. The van der Waals surface area contributed by atoms with Crippen molar-refractivity contribution in [2.75, 3.05) is 0 Å². The minimum atomic E-state index is -0.449. The molecule has 2 aromatic carbocycles. The van der Waals surface area contributed by atoms with E-state index in [2.05, 4.69) is 0 Å². The van der Waals surface area contributed by atoms with Crippen LogP contribution in [-0.2, 0) is 0 Å². The molecule has 0 saturated heterocycles. The predicted molar refractivity (Wildman–Crippen MR) is 79.3 cm³/mol. The maximum absolute atomic E-state index is 9.69. The van der Waals surface area contributed by atoms with Gasteiger partial charge in [-0.25, -0.2) is 0 Å². The molecule has 0 fully saturated rings. The second kappa shape index (κ2) is 6.96. The molecule has 3 heteroatoms. The van der Waals surface area contributed by atoms with Crippen molar-refractivity contribution in [2.24, 2.45) is 0 Å². The van der Waals surface area contributed by atoms with E-state index in [1.807, 2.05) is 68.4 Å². The van der Waals surface area contributed by atoms with Crippen molar-refractivity contribution in [2.45, 2.75) is 32.5 Å². The lowest BCUT2D eigenvalue weighted by Gasteiger charge is -2.19. The molecule has 2 unspecified atom stereocenters. The number of ether oxygens (including phenoxy) is 2. The maximum Gasteiger partial charge on any atom is 0.127 e. The molecule has 0 aliphatic heterocycles. The summed E-state index contributed by atoms with van der Waals surface area (Å²) in [6.07, 6.45) is 0.00671. The molecule has 106 valence electrons. The first kappa shape index (κ1) is 14.4. The van der Waals surface area contributed by atoms with E-state index in [9.17, 15) is 5.11 Å². The summed E-state index contributed by atoms with van der Waals surface area (Å²) < 4.78 is 11.4. The SMILES string of the molecule is CCC(O)C(C)Oc1ccc(Oc2ccccc2)cc1. The first-order valence-corrected chi connectivity index (χ1v) is 6.86. The zero-order valence-electron chi connectivity index (χ0n) is 11.8. The summed E-state index contributed by atoms with van der Waals surface area (Å²) in [4.78, 5) is 0. The number of aliphatic hydroxyl groups excluding tert-OH is 1. The molecule has 0 spiro atoms. The van der Waals surface area contributed by atoms with Crippen molar-refractivity contribution < 1.29 is 14.6 Å². The Kier molecular flexibility index (Phi) is 5.02. The van der Waals surface area contributed by atoms with Gasteiger partial charge in [-0.3, -0.25) is 0 Å². The van der Waals surface area contributed by atoms with Gasteiger partial charge in [0.15, 0.2) is 0 Å². The van der Waals surface area contributed by atoms with Crippen LogP contribution in [-0.4, -0.2) is 17.3 Å². The van der Waals surface area contributed by atoms with Crippen molar-refractivity contribution in [3.05, 3.63) is 54.6 Å². The van der Waals surface area contributed by atoms with Crippen molar-refractivity contribution in [3.8, 4) is 17.2 Å². The molecule has 2 rings (SSSR count). The molecule has 0 aromatic heterocycles. The largest absolute Gasteiger partial charge is 0.488 e. The monoisotopic (exact) mass is 272 g/mol. The van der Waals surface area contributed by atoms with Gasteiger partial charge in [0, 0.05) is 0 Å². The Morgan fingerprint density at radius 3 is 2.05 bits per heavy atom. The topological polar surface area (TPSA) is 38.7 Å². The fourth-order valence-corrected chi connectivity index (χ4v) is 1.84. The van der Waals surface area contributed by atoms with E-state index in [1.165, 1.54) is 0 Å². The maximum atomic E-state index is 9.69. The number of benzene rings is 2. The van der Waals surface area contributed by atoms with Crippen LogP contribution < -0.4 is 9.47 Å². The van der Waals surface area contributed by atoms with E-state index < -0.39 is 6.10 Å². The van der Waals surface area contributed by atoms with Crippen LogP contribution in [0.25, 0.3) is 0 Å². The smallest absolute Gasteiger partial charge is 0.127 e. The van der Waals surface area contributed by atoms with Crippen molar-refractivity contribution in [3.63, 3.8) is 0 Å². The highest BCUT2D eigenvalue weighted by atomic mass is 16.5. The number of aliphatic hydroxyl groups is 1. The van der Waals surface area contributed by atoms with Crippen molar-refractivity contribution in [1.82, 2.24) is 0 Å². The zero-order valence-corrected chi connectivity index (χ0v) is 11.8. The quantitative estimate of drug-likeness (QED) is 0.863. The van der Waals surface area contributed by atoms with E-state index in [0.717, 1.165) is 17.2 Å². The lowest BCUT2D eigenvalue weighted by atomic mass is 10.2. The third-order valence-corrected chi connectivity index (χ3v) is 3.08. The molecule has 0 aliphatic rings. The van der Waals surface area contributed by atoms with E-state index in [4.69, 9.17) is 9.47 Å². The summed E-state index contributed by atoms with van der Waals surface area (Å²) in [5.74, 6) is 2.29. The van der Waals surface area contributed by atoms with Gasteiger partial charge in [-0.15, -0.1) is 0 Å². The van der Waals surface area contributed by atoms with Gasteiger partial charge < -0.3 is 14.6 Å². The predicted octanol–water partition coefficient (Wildman–Crippen LogP) is 4.02. The van der Waals surface area contributed by atoms with E-state index in [0.29, 0.717) is 6.42 Å². The molecule has 0 radical (unpaired) electrons. The fourth-order valence-electron chi connectivity index (χ4n) is 1.84. The zero-order chi connectivity index (χ0) is 14.4. The van der Waals surface area contributed by atoms with Crippen LogP contribution in [0.4, 0.5) is 0 Å². The molecular formula is C17H20O3. The molecule has 3 nitrogen and oxygen atoms in total. The van der Waals surface area contributed by atoms with E-state index in [1.54, 1.807) is 0 Å². The molecule has 20 heavy (non-hydrogen) atoms. The van der Waals surface area contributed by atoms with Crippen LogP contribution in [0.3, 0.4) is 0 Å².